The Bertz CT molecular complexity index is 252. The Labute approximate surface area is 87.8 Å². The van der Waals surface area contributed by atoms with Crippen molar-refractivity contribution in [1.29, 1.82) is 0 Å². The van der Waals surface area contributed by atoms with E-state index in [9.17, 15) is 0 Å². The fourth-order valence-electron chi connectivity index (χ4n) is 0.745. The van der Waals surface area contributed by atoms with E-state index in [0.29, 0.717) is 0 Å². The van der Waals surface area contributed by atoms with Gasteiger partial charge in [0.15, 0.2) is 0 Å². The lowest BCUT2D eigenvalue weighted by Crippen LogP contribution is -2.06. The zero-order valence-corrected chi connectivity index (χ0v) is 9.52. The van der Waals surface area contributed by atoms with Crippen LogP contribution < -0.4 is 11.3 Å². The smallest absolute Gasteiger partial charge is 0.0495 e. The molecule has 0 amide bonds. The van der Waals surface area contributed by atoms with E-state index in [1.54, 1.807) is 0 Å². The zero-order valence-electron chi connectivity index (χ0n) is 5.77. The lowest BCUT2D eigenvalue weighted by atomic mass is 10.2. The van der Waals surface area contributed by atoms with Crippen LogP contribution in [-0.2, 0) is 5.33 Å². The molecule has 4 heteroatoms. The van der Waals surface area contributed by atoms with Gasteiger partial charge in [-0.25, -0.2) is 0 Å². The van der Waals surface area contributed by atoms with Crippen molar-refractivity contribution in [3.63, 3.8) is 0 Å². The van der Waals surface area contributed by atoms with Crippen LogP contribution in [0.5, 0.6) is 0 Å². The molecule has 0 unspecified atom stereocenters. The average molecular weight is 327 g/mol. The summed E-state index contributed by atoms with van der Waals surface area (Å²) >= 11 is 5.68. The summed E-state index contributed by atoms with van der Waals surface area (Å²) in [6.07, 6.45) is 0. The average Bonchev–Trinajstić information content (AvgIpc) is 2.04. The molecule has 0 saturated carbocycles. The molecule has 0 aliphatic heterocycles. The first-order valence-corrected chi connectivity index (χ1v) is 5.29. The SMILES string of the molecule is NNc1ccc(CBr)c(I)c1. The Morgan fingerprint density at radius 2 is 2.27 bits per heavy atom. The van der Waals surface area contributed by atoms with Crippen molar-refractivity contribution in [3.8, 4) is 0 Å². The van der Waals surface area contributed by atoms with Crippen LogP contribution in [0, 0.1) is 3.57 Å². The van der Waals surface area contributed by atoms with Gasteiger partial charge < -0.3 is 5.43 Å². The Hall–Kier alpha value is 0.190. The van der Waals surface area contributed by atoms with Gasteiger partial charge in [-0.05, 0) is 40.3 Å². The number of anilines is 1. The molecular weight excluding hydrogens is 319 g/mol. The molecule has 1 aromatic rings. The summed E-state index contributed by atoms with van der Waals surface area (Å²) in [5.41, 5.74) is 4.82. The minimum absolute atomic E-state index is 0.885. The van der Waals surface area contributed by atoms with Crippen molar-refractivity contribution in [2.75, 3.05) is 5.43 Å². The Morgan fingerprint density at radius 1 is 1.55 bits per heavy atom. The van der Waals surface area contributed by atoms with Crippen LogP contribution in [0.4, 0.5) is 5.69 Å². The van der Waals surface area contributed by atoms with Gasteiger partial charge in [0, 0.05) is 14.6 Å². The number of hydrogen-bond acceptors (Lipinski definition) is 2. The van der Waals surface area contributed by atoms with Crippen molar-refractivity contribution in [2.24, 2.45) is 5.84 Å². The predicted octanol–water partition coefficient (Wildman–Crippen LogP) is 2.47. The molecule has 0 radical (unpaired) electrons. The van der Waals surface area contributed by atoms with Crippen LogP contribution in [0.3, 0.4) is 0 Å². The van der Waals surface area contributed by atoms with Gasteiger partial charge in [-0.2, -0.15) is 0 Å². The molecule has 0 fully saturated rings. The lowest BCUT2D eigenvalue weighted by Gasteiger charge is -2.03. The van der Waals surface area contributed by atoms with Crippen molar-refractivity contribution in [1.82, 2.24) is 0 Å². The summed E-state index contributed by atoms with van der Waals surface area (Å²) in [7, 11) is 0. The van der Waals surface area contributed by atoms with Crippen LogP contribution in [0.25, 0.3) is 0 Å². The van der Waals surface area contributed by atoms with E-state index < -0.39 is 0 Å². The first-order chi connectivity index (χ1) is 5.27. The summed E-state index contributed by atoms with van der Waals surface area (Å²) in [6.45, 7) is 0. The quantitative estimate of drug-likeness (QED) is 0.379. The fraction of sp³-hybridized carbons (Fsp3) is 0.143. The third kappa shape index (κ3) is 2.31. The van der Waals surface area contributed by atoms with Gasteiger partial charge in [0.25, 0.3) is 0 Å². The molecule has 0 aromatic heterocycles. The fourth-order valence-corrected chi connectivity index (χ4v) is 2.46. The first kappa shape index (κ1) is 9.28. The normalized spacial score (nSPS) is 9.73. The van der Waals surface area contributed by atoms with E-state index in [2.05, 4.69) is 43.9 Å². The zero-order chi connectivity index (χ0) is 8.27. The van der Waals surface area contributed by atoms with Gasteiger partial charge in [0.1, 0.15) is 0 Å². The number of halogens is 2. The number of rotatable bonds is 2. The third-order valence-corrected chi connectivity index (χ3v) is 2.97. The van der Waals surface area contributed by atoms with Crippen molar-refractivity contribution in [3.05, 3.63) is 27.3 Å². The molecule has 60 valence electrons. The molecular formula is C7H8BrIN2. The molecule has 11 heavy (non-hydrogen) atoms. The Kier molecular flexibility index (Phi) is 3.61. The Morgan fingerprint density at radius 3 is 2.73 bits per heavy atom. The van der Waals surface area contributed by atoms with E-state index in [0.717, 1.165) is 11.0 Å². The van der Waals surface area contributed by atoms with E-state index >= 15 is 0 Å². The molecule has 0 saturated heterocycles. The maximum absolute atomic E-state index is 5.25. The second-order valence-corrected chi connectivity index (χ2v) is 3.81. The number of nitrogens with one attached hydrogen (secondary N) is 1. The molecule has 2 nitrogen and oxygen atoms in total. The topological polar surface area (TPSA) is 38.0 Å². The molecule has 0 aliphatic rings. The number of nitrogens with two attached hydrogens (primary N) is 1. The van der Waals surface area contributed by atoms with E-state index in [-0.39, 0.29) is 0 Å². The number of nitrogen functional groups attached to an aromatic ring is 1. The van der Waals surface area contributed by atoms with Crippen LogP contribution in [0.2, 0.25) is 0 Å². The maximum Gasteiger partial charge on any atom is 0.0495 e. The minimum Gasteiger partial charge on any atom is -0.324 e. The maximum atomic E-state index is 5.25. The molecule has 0 bridgehead atoms. The van der Waals surface area contributed by atoms with Crippen molar-refractivity contribution >= 4 is 44.2 Å². The second kappa shape index (κ2) is 4.27. The predicted molar refractivity (Wildman–Crippen MR) is 59.6 cm³/mol. The minimum atomic E-state index is 0.885. The number of hydrazine groups is 1. The van der Waals surface area contributed by atoms with E-state index in [4.69, 9.17) is 5.84 Å². The van der Waals surface area contributed by atoms with Gasteiger partial charge in [0.2, 0.25) is 0 Å². The van der Waals surface area contributed by atoms with Crippen LogP contribution >= 0.6 is 38.5 Å². The highest BCUT2D eigenvalue weighted by atomic mass is 127. The highest BCUT2D eigenvalue weighted by molar-refractivity contribution is 14.1. The molecule has 0 heterocycles. The number of hydrogen-bond donors (Lipinski definition) is 2. The van der Waals surface area contributed by atoms with Gasteiger partial charge in [-0.1, -0.05) is 22.0 Å². The molecule has 0 atom stereocenters. The van der Waals surface area contributed by atoms with Gasteiger partial charge in [-0.15, -0.1) is 0 Å². The molecule has 1 aromatic carbocycles. The Balaban J connectivity index is 2.99. The summed E-state index contributed by atoms with van der Waals surface area (Å²) in [6, 6.07) is 6.02. The number of benzene rings is 1. The van der Waals surface area contributed by atoms with Gasteiger partial charge in [0.05, 0.1) is 0 Å². The first-order valence-electron chi connectivity index (χ1n) is 3.09. The lowest BCUT2D eigenvalue weighted by molar-refractivity contribution is 1.32. The van der Waals surface area contributed by atoms with Gasteiger partial charge >= 0.3 is 0 Å². The summed E-state index contributed by atoms with van der Waals surface area (Å²) in [5.74, 6) is 5.25. The molecule has 3 N–H and O–H groups in total. The van der Waals surface area contributed by atoms with Crippen LogP contribution in [0.15, 0.2) is 18.2 Å². The largest absolute Gasteiger partial charge is 0.324 e. The number of alkyl halides is 1. The standard InChI is InChI=1S/C7H8BrIN2/c8-4-5-1-2-6(11-10)3-7(5)9/h1-3,11H,4,10H2. The van der Waals surface area contributed by atoms with Crippen molar-refractivity contribution in [2.45, 2.75) is 5.33 Å². The summed E-state index contributed by atoms with van der Waals surface area (Å²) in [4.78, 5) is 0. The van der Waals surface area contributed by atoms with Crippen LogP contribution in [0.1, 0.15) is 5.56 Å². The summed E-state index contributed by atoms with van der Waals surface area (Å²) in [5, 5.41) is 0.885. The van der Waals surface area contributed by atoms with E-state index in [1.807, 2.05) is 18.2 Å². The van der Waals surface area contributed by atoms with Crippen LogP contribution in [-0.4, -0.2) is 0 Å². The molecule has 0 spiro atoms. The monoisotopic (exact) mass is 326 g/mol. The van der Waals surface area contributed by atoms with Gasteiger partial charge in [-0.3, -0.25) is 5.84 Å². The van der Waals surface area contributed by atoms with E-state index in [1.165, 1.54) is 9.13 Å². The second-order valence-electron chi connectivity index (χ2n) is 2.08. The third-order valence-electron chi connectivity index (χ3n) is 1.36. The molecule has 0 aliphatic carbocycles. The highest BCUT2D eigenvalue weighted by Gasteiger charge is 1.97. The summed E-state index contributed by atoms with van der Waals surface area (Å²) < 4.78 is 1.22. The van der Waals surface area contributed by atoms with Crippen molar-refractivity contribution < 1.29 is 0 Å². The molecule has 1 rings (SSSR count). The highest BCUT2D eigenvalue weighted by Crippen LogP contribution is 2.19.